The van der Waals surface area contributed by atoms with Gasteiger partial charge in [0.05, 0.1) is 19.3 Å². The molecule has 0 fully saturated rings. The predicted molar refractivity (Wildman–Crippen MR) is 46.8 cm³/mol. The van der Waals surface area contributed by atoms with Crippen molar-refractivity contribution in [1.82, 2.24) is 4.90 Å². The molecule has 0 aromatic heterocycles. The predicted octanol–water partition coefficient (Wildman–Crippen LogP) is -1.18. The Labute approximate surface area is 72.7 Å². The van der Waals surface area contributed by atoms with Crippen molar-refractivity contribution in [2.45, 2.75) is 6.10 Å². The first-order chi connectivity index (χ1) is 5.74. The molecule has 0 amide bonds. The van der Waals surface area contributed by atoms with Crippen LogP contribution in [0.5, 0.6) is 0 Å². The third-order valence-corrected chi connectivity index (χ3v) is 1.48. The van der Waals surface area contributed by atoms with Gasteiger partial charge < -0.3 is 15.3 Å². The van der Waals surface area contributed by atoms with E-state index >= 15 is 0 Å². The molecule has 0 aromatic carbocycles. The summed E-state index contributed by atoms with van der Waals surface area (Å²) < 4.78 is 0. The van der Waals surface area contributed by atoms with Gasteiger partial charge in [-0.15, -0.1) is 6.58 Å². The van der Waals surface area contributed by atoms with E-state index in [1.54, 1.807) is 6.08 Å². The standard InChI is InChI=1S/C8H17NO3/c1-2-3-9(4-5-10)6-8(12)7-11/h2,8,10-12H,1,3-7H2. The fourth-order valence-electron chi connectivity index (χ4n) is 0.937. The van der Waals surface area contributed by atoms with Crippen LogP contribution in [0.3, 0.4) is 0 Å². The smallest absolute Gasteiger partial charge is 0.0897 e. The lowest BCUT2D eigenvalue weighted by molar-refractivity contribution is 0.0575. The number of aliphatic hydroxyl groups excluding tert-OH is 3. The van der Waals surface area contributed by atoms with Crippen molar-refractivity contribution in [3.8, 4) is 0 Å². The van der Waals surface area contributed by atoms with Crippen molar-refractivity contribution < 1.29 is 15.3 Å². The molecule has 1 unspecified atom stereocenters. The average molecular weight is 175 g/mol. The molecule has 3 N–H and O–H groups in total. The van der Waals surface area contributed by atoms with Crippen LogP contribution in [0.25, 0.3) is 0 Å². The van der Waals surface area contributed by atoms with Gasteiger partial charge in [-0.05, 0) is 0 Å². The third kappa shape index (κ3) is 5.26. The van der Waals surface area contributed by atoms with Crippen LogP contribution in [0, 0.1) is 0 Å². The fraction of sp³-hybridized carbons (Fsp3) is 0.750. The molecule has 4 nitrogen and oxygen atoms in total. The van der Waals surface area contributed by atoms with Crippen molar-refractivity contribution in [2.75, 3.05) is 32.8 Å². The topological polar surface area (TPSA) is 63.9 Å². The highest BCUT2D eigenvalue weighted by Gasteiger charge is 2.08. The maximum atomic E-state index is 9.07. The molecule has 0 aromatic rings. The van der Waals surface area contributed by atoms with Gasteiger partial charge in [-0.25, -0.2) is 0 Å². The van der Waals surface area contributed by atoms with Gasteiger partial charge in [0.2, 0.25) is 0 Å². The van der Waals surface area contributed by atoms with Crippen LogP contribution in [-0.4, -0.2) is 59.2 Å². The van der Waals surface area contributed by atoms with E-state index in [0.717, 1.165) is 0 Å². The summed E-state index contributed by atoms with van der Waals surface area (Å²) in [4.78, 5) is 1.81. The van der Waals surface area contributed by atoms with E-state index in [-0.39, 0.29) is 13.2 Å². The largest absolute Gasteiger partial charge is 0.395 e. The molecule has 0 radical (unpaired) electrons. The van der Waals surface area contributed by atoms with E-state index in [1.807, 2.05) is 4.90 Å². The van der Waals surface area contributed by atoms with Crippen LogP contribution in [-0.2, 0) is 0 Å². The highest BCUT2D eigenvalue weighted by molar-refractivity contribution is 4.74. The van der Waals surface area contributed by atoms with Gasteiger partial charge in [-0.3, -0.25) is 4.90 Å². The Hall–Kier alpha value is -0.420. The van der Waals surface area contributed by atoms with E-state index in [0.29, 0.717) is 19.6 Å². The van der Waals surface area contributed by atoms with Crippen LogP contribution < -0.4 is 0 Å². The molecule has 1 atom stereocenters. The first-order valence-electron chi connectivity index (χ1n) is 3.97. The minimum absolute atomic E-state index is 0.0476. The molecule has 12 heavy (non-hydrogen) atoms. The van der Waals surface area contributed by atoms with Gasteiger partial charge >= 0.3 is 0 Å². The minimum atomic E-state index is -0.739. The Balaban J connectivity index is 3.68. The summed E-state index contributed by atoms with van der Waals surface area (Å²) in [5.41, 5.74) is 0. The zero-order valence-corrected chi connectivity index (χ0v) is 7.19. The Kier molecular flexibility index (Phi) is 6.99. The first-order valence-corrected chi connectivity index (χ1v) is 3.97. The van der Waals surface area contributed by atoms with E-state index in [4.69, 9.17) is 15.3 Å². The summed E-state index contributed by atoms with van der Waals surface area (Å²) in [5.74, 6) is 0. The summed E-state index contributed by atoms with van der Waals surface area (Å²) >= 11 is 0. The van der Waals surface area contributed by atoms with Gasteiger partial charge in [-0.2, -0.15) is 0 Å². The second-order valence-electron chi connectivity index (χ2n) is 2.61. The summed E-state index contributed by atoms with van der Waals surface area (Å²) in [6, 6.07) is 0. The zero-order valence-electron chi connectivity index (χ0n) is 7.19. The summed E-state index contributed by atoms with van der Waals surface area (Å²) in [7, 11) is 0. The average Bonchev–Trinajstić information content (AvgIpc) is 2.05. The molecule has 72 valence electrons. The summed E-state index contributed by atoms with van der Waals surface area (Å²) in [5, 5.41) is 26.3. The van der Waals surface area contributed by atoms with Crippen molar-refractivity contribution in [2.24, 2.45) is 0 Å². The van der Waals surface area contributed by atoms with Crippen LogP contribution >= 0.6 is 0 Å². The van der Waals surface area contributed by atoms with Gasteiger partial charge in [0.25, 0.3) is 0 Å². The fourth-order valence-corrected chi connectivity index (χ4v) is 0.937. The molecule has 0 rings (SSSR count). The number of rotatable bonds is 7. The molecule has 0 bridgehead atoms. The highest BCUT2D eigenvalue weighted by Crippen LogP contribution is 1.91. The van der Waals surface area contributed by atoms with Crippen molar-refractivity contribution in [3.05, 3.63) is 12.7 Å². The third-order valence-electron chi connectivity index (χ3n) is 1.48. The molecule has 0 aliphatic rings. The maximum Gasteiger partial charge on any atom is 0.0897 e. The lowest BCUT2D eigenvalue weighted by atomic mass is 10.3. The lowest BCUT2D eigenvalue weighted by Gasteiger charge is -2.21. The minimum Gasteiger partial charge on any atom is -0.395 e. The molecular weight excluding hydrogens is 158 g/mol. The maximum absolute atomic E-state index is 9.07. The van der Waals surface area contributed by atoms with Gasteiger partial charge in [-0.1, -0.05) is 6.08 Å². The number of aliphatic hydroxyl groups is 3. The van der Waals surface area contributed by atoms with E-state index < -0.39 is 6.10 Å². The van der Waals surface area contributed by atoms with Crippen molar-refractivity contribution in [1.29, 1.82) is 0 Å². The summed E-state index contributed by atoms with van der Waals surface area (Å²) in [6.45, 7) is 4.81. The molecule has 0 heterocycles. The molecule has 0 aliphatic carbocycles. The summed E-state index contributed by atoms with van der Waals surface area (Å²) in [6.07, 6.45) is 0.955. The van der Waals surface area contributed by atoms with Crippen LogP contribution in [0.15, 0.2) is 12.7 Å². The van der Waals surface area contributed by atoms with Crippen molar-refractivity contribution >= 4 is 0 Å². The van der Waals surface area contributed by atoms with E-state index in [2.05, 4.69) is 6.58 Å². The van der Waals surface area contributed by atoms with Gasteiger partial charge in [0.15, 0.2) is 0 Å². The number of hydrogen-bond acceptors (Lipinski definition) is 4. The quantitative estimate of drug-likeness (QED) is 0.426. The monoisotopic (exact) mass is 175 g/mol. The highest BCUT2D eigenvalue weighted by atomic mass is 16.3. The van der Waals surface area contributed by atoms with Crippen molar-refractivity contribution in [3.63, 3.8) is 0 Å². The second kappa shape index (κ2) is 7.24. The van der Waals surface area contributed by atoms with Gasteiger partial charge in [0, 0.05) is 19.6 Å². The second-order valence-corrected chi connectivity index (χ2v) is 2.61. The molecule has 0 saturated heterocycles. The van der Waals surface area contributed by atoms with E-state index in [9.17, 15) is 0 Å². The first kappa shape index (κ1) is 11.6. The molecular formula is C8H17NO3. The SMILES string of the molecule is C=CCN(CCO)CC(O)CO. The normalized spacial score (nSPS) is 13.3. The molecule has 0 saturated carbocycles. The Morgan fingerprint density at radius 3 is 2.50 bits per heavy atom. The molecule has 4 heteroatoms. The van der Waals surface area contributed by atoms with E-state index in [1.165, 1.54) is 0 Å². The Bertz CT molecular complexity index is 119. The van der Waals surface area contributed by atoms with Crippen LogP contribution in [0.4, 0.5) is 0 Å². The Morgan fingerprint density at radius 1 is 1.42 bits per heavy atom. The molecule has 0 spiro atoms. The number of nitrogens with zero attached hydrogens (tertiary/aromatic N) is 1. The van der Waals surface area contributed by atoms with Crippen LogP contribution in [0.2, 0.25) is 0 Å². The van der Waals surface area contributed by atoms with Crippen LogP contribution in [0.1, 0.15) is 0 Å². The van der Waals surface area contributed by atoms with Gasteiger partial charge in [0.1, 0.15) is 0 Å². The number of hydrogen-bond donors (Lipinski definition) is 3. The lowest BCUT2D eigenvalue weighted by Crippen LogP contribution is -2.36. The molecule has 0 aliphatic heterocycles. The zero-order chi connectivity index (χ0) is 9.40. The Morgan fingerprint density at radius 2 is 2.08 bits per heavy atom.